The second-order valence-electron chi connectivity index (χ2n) is 9.12. The topological polar surface area (TPSA) is 109 Å². The maximum absolute atomic E-state index is 13.1. The van der Waals surface area contributed by atoms with Crippen molar-refractivity contribution in [2.24, 2.45) is 5.92 Å². The van der Waals surface area contributed by atoms with E-state index in [9.17, 15) is 9.59 Å². The number of ether oxygens (including phenoxy) is 1. The molecule has 0 spiro atoms. The summed E-state index contributed by atoms with van der Waals surface area (Å²) in [5.41, 5.74) is 3.44. The van der Waals surface area contributed by atoms with Gasteiger partial charge in [0.05, 0.1) is 17.7 Å². The summed E-state index contributed by atoms with van der Waals surface area (Å²) in [6.07, 6.45) is 9.06. The molecular weight excluding hydrogens is 418 g/mol. The molecule has 8 heteroatoms. The molecule has 1 aromatic carbocycles. The summed E-state index contributed by atoms with van der Waals surface area (Å²) in [5, 5.41) is 6.11. The number of carbonyl (C=O) groups excluding carboxylic acids is 2. The number of fused-ring (bicyclic) bond motifs is 1. The van der Waals surface area contributed by atoms with Gasteiger partial charge in [0.2, 0.25) is 5.91 Å². The van der Waals surface area contributed by atoms with Crippen LogP contribution in [0.3, 0.4) is 0 Å². The van der Waals surface area contributed by atoms with Crippen LogP contribution in [-0.2, 0) is 4.79 Å². The zero-order chi connectivity index (χ0) is 22.8. The Balaban J connectivity index is 1.33. The molecule has 0 aliphatic heterocycles. The summed E-state index contributed by atoms with van der Waals surface area (Å²) in [5.74, 6) is 1.29. The Kier molecular flexibility index (Phi) is 5.98. The lowest BCUT2D eigenvalue weighted by atomic mass is 9.91. The van der Waals surface area contributed by atoms with Crippen LogP contribution >= 0.6 is 0 Å². The highest BCUT2D eigenvalue weighted by Crippen LogP contribution is 2.35. The second-order valence-corrected chi connectivity index (χ2v) is 9.12. The fourth-order valence-corrected chi connectivity index (χ4v) is 4.53. The molecule has 2 aromatic heterocycles. The summed E-state index contributed by atoms with van der Waals surface area (Å²) in [6.45, 7) is 2.26. The number of amides is 2. The molecule has 8 nitrogen and oxygen atoms in total. The molecule has 2 aliphatic carbocycles. The third-order valence-electron chi connectivity index (χ3n) is 6.49. The van der Waals surface area contributed by atoms with Crippen LogP contribution in [0, 0.1) is 5.92 Å². The molecule has 2 fully saturated rings. The zero-order valence-corrected chi connectivity index (χ0v) is 18.8. The molecule has 0 unspecified atom stereocenters. The lowest BCUT2D eigenvalue weighted by Gasteiger charge is -2.29. The number of benzene rings is 1. The van der Waals surface area contributed by atoms with Crippen molar-refractivity contribution in [1.82, 2.24) is 25.6 Å². The van der Waals surface area contributed by atoms with Gasteiger partial charge >= 0.3 is 0 Å². The minimum absolute atomic E-state index is 0.00345. The maximum atomic E-state index is 13.1. The first-order chi connectivity index (χ1) is 16.1. The van der Waals surface area contributed by atoms with E-state index < -0.39 is 0 Å². The van der Waals surface area contributed by atoms with Gasteiger partial charge < -0.3 is 20.4 Å². The predicted molar refractivity (Wildman–Crippen MR) is 125 cm³/mol. The van der Waals surface area contributed by atoms with Gasteiger partial charge in [0.25, 0.3) is 5.91 Å². The van der Waals surface area contributed by atoms with E-state index in [1.54, 1.807) is 13.1 Å². The van der Waals surface area contributed by atoms with E-state index in [-0.39, 0.29) is 23.9 Å². The number of carbonyl (C=O) groups is 2. The Labute approximate surface area is 192 Å². The Morgan fingerprint density at radius 1 is 1.03 bits per heavy atom. The largest absolute Gasteiger partial charge is 0.493 e. The van der Waals surface area contributed by atoms with Crippen molar-refractivity contribution in [2.45, 2.75) is 57.5 Å². The Morgan fingerprint density at radius 3 is 2.48 bits per heavy atom. The minimum Gasteiger partial charge on any atom is -0.493 e. The minimum atomic E-state index is -0.146. The summed E-state index contributed by atoms with van der Waals surface area (Å²) in [7, 11) is 0. The van der Waals surface area contributed by atoms with Gasteiger partial charge in [0, 0.05) is 30.8 Å². The monoisotopic (exact) mass is 447 g/mol. The number of aromatic nitrogens is 3. The molecule has 0 radical (unpaired) electrons. The van der Waals surface area contributed by atoms with Crippen molar-refractivity contribution in [3.63, 3.8) is 0 Å². The van der Waals surface area contributed by atoms with Gasteiger partial charge in [-0.25, -0.2) is 9.97 Å². The highest BCUT2D eigenvalue weighted by Gasteiger charge is 2.26. The average molecular weight is 448 g/mol. The summed E-state index contributed by atoms with van der Waals surface area (Å²) in [6, 6.07) is 8.14. The molecular formula is C25H29N5O3. The highest BCUT2D eigenvalue weighted by molar-refractivity contribution is 6.07. The van der Waals surface area contributed by atoms with Crippen LogP contribution in [0.15, 0.2) is 36.8 Å². The Bertz CT molecular complexity index is 1160. The summed E-state index contributed by atoms with van der Waals surface area (Å²) < 4.78 is 6.07. The Morgan fingerprint density at radius 2 is 1.76 bits per heavy atom. The first-order valence-electron chi connectivity index (χ1n) is 11.7. The molecule has 2 saturated carbocycles. The quantitative estimate of drug-likeness (QED) is 0.513. The van der Waals surface area contributed by atoms with Crippen LogP contribution in [0.1, 0.15) is 55.8 Å². The van der Waals surface area contributed by atoms with E-state index in [4.69, 9.17) is 4.74 Å². The number of hydrogen-bond acceptors (Lipinski definition) is 5. The third-order valence-corrected chi connectivity index (χ3v) is 6.49. The number of nitrogens with zero attached hydrogens (tertiary/aromatic N) is 2. The second kappa shape index (κ2) is 9.21. The van der Waals surface area contributed by atoms with Crippen molar-refractivity contribution in [3.05, 3.63) is 42.4 Å². The molecule has 0 bridgehead atoms. The summed E-state index contributed by atoms with van der Waals surface area (Å²) >= 11 is 0. The number of rotatable bonds is 7. The number of H-pyrrole nitrogens is 1. The molecule has 0 saturated heterocycles. The van der Waals surface area contributed by atoms with E-state index in [2.05, 4.69) is 25.6 Å². The molecule has 2 amide bonds. The molecule has 2 heterocycles. The van der Waals surface area contributed by atoms with Gasteiger partial charge in [-0.3, -0.25) is 9.59 Å². The smallest absolute Gasteiger partial charge is 0.255 e. The van der Waals surface area contributed by atoms with Crippen LogP contribution in [0.5, 0.6) is 5.75 Å². The van der Waals surface area contributed by atoms with Gasteiger partial charge in [0.15, 0.2) is 0 Å². The van der Waals surface area contributed by atoms with E-state index in [1.165, 1.54) is 19.2 Å². The van der Waals surface area contributed by atoms with Crippen LogP contribution in [-0.4, -0.2) is 45.5 Å². The average Bonchev–Trinajstić information content (AvgIpc) is 3.54. The highest BCUT2D eigenvalue weighted by atomic mass is 16.5. The SMILES string of the molecule is CC(=O)N[C@H]1CC[C@H](NC(=O)c2c[nH]c3c(-c4ccccc4OCC4CC4)ncnc23)CC1. The van der Waals surface area contributed by atoms with E-state index in [1.807, 2.05) is 24.3 Å². The van der Waals surface area contributed by atoms with Crippen molar-refractivity contribution in [2.75, 3.05) is 6.61 Å². The van der Waals surface area contributed by atoms with Crippen molar-refractivity contribution >= 4 is 22.8 Å². The van der Waals surface area contributed by atoms with Gasteiger partial charge in [-0.2, -0.15) is 0 Å². The van der Waals surface area contributed by atoms with Crippen LogP contribution in [0.25, 0.3) is 22.3 Å². The fourth-order valence-electron chi connectivity index (χ4n) is 4.53. The van der Waals surface area contributed by atoms with Crippen LogP contribution in [0.4, 0.5) is 0 Å². The van der Waals surface area contributed by atoms with Crippen LogP contribution < -0.4 is 15.4 Å². The van der Waals surface area contributed by atoms with Gasteiger partial charge in [-0.1, -0.05) is 12.1 Å². The molecule has 2 aliphatic rings. The normalized spacial score (nSPS) is 20.4. The first-order valence-corrected chi connectivity index (χ1v) is 11.7. The van der Waals surface area contributed by atoms with Crippen molar-refractivity contribution in [3.8, 4) is 17.0 Å². The first kappa shape index (κ1) is 21.4. The lowest BCUT2D eigenvalue weighted by Crippen LogP contribution is -2.43. The van der Waals surface area contributed by atoms with Gasteiger partial charge in [-0.15, -0.1) is 0 Å². The van der Waals surface area contributed by atoms with E-state index in [0.29, 0.717) is 23.6 Å². The predicted octanol–water partition coefficient (Wildman–Crippen LogP) is 3.59. The number of nitrogens with one attached hydrogen (secondary N) is 3. The van der Waals surface area contributed by atoms with Gasteiger partial charge in [-0.05, 0) is 56.6 Å². The molecule has 3 N–H and O–H groups in total. The number of para-hydroxylation sites is 1. The van der Waals surface area contributed by atoms with E-state index in [0.717, 1.165) is 48.2 Å². The number of hydrogen-bond donors (Lipinski definition) is 3. The van der Waals surface area contributed by atoms with Crippen molar-refractivity contribution in [1.29, 1.82) is 0 Å². The summed E-state index contributed by atoms with van der Waals surface area (Å²) in [4.78, 5) is 36.5. The molecule has 33 heavy (non-hydrogen) atoms. The van der Waals surface area contributed by atoms with Gasteiger partial charge in [0.1, 0.15) is 23.3 Å². The fraction of sp³-hybridized carbons (Fsp3) is 0.440. The third kappa shape index (κ3) is 4.84. The van der Waals surface area contributed by atoms with Crippen LogP contribution in [0.2, 0.25) is 0 Å². The molecule has 172 valence electrons. The van der Waals surface area contributed by atoms with Crippen molar-refractivity contribution < 1.29 is 14.3 Å². The lowest BCUT2D eigenvalue weighted by molar-refractivity contribution is -0.119. The standard InChI is InChI=1S/C25H29N5O3/c1-15(31)29-17-8-10-18(11-9-17)30-25(32)20-12-26-24-22(27-14-28-23(20)24)19-4-2-3-5-21(19)33-13-16-6-7-16/h2-5,12,14,16-18,26H,6-11,13H2,1H3,(H,29,31)(H,30,32)/t17-,18-. The maximum Gasteiger partial charge on any atom is 0.255 e. The molecule has 5 rings (SSSR count). The number of aromatic amines is 1. The van der Waals surface area contributed by atoms with E-state index >= 15 is 0 Å². The molecule has 3 aromatic rings. The zero-order valence-electron chi connectivity index (χ0n) is 18.8. The molecule has 0 atom stereocenters. The Hall–Kier alpha value is -3.42.